The van der Waals surface area contributed by atoms with Crippen LogP contribution in [0.3, 0.4) is 0 Å². The number of methoxy groups -OCH3 is 1. The van der Waals surface area contributed by atoms with E-state index in [0.29, 0.717) is 12.1 Å². The van der Waals surface area contributed by atoms with E-state index < -0.39 is 0 Å². The normalized spacial score (nSPS) is 12.2. The van der Waals surface area contributed by atoms with Gasteiger partial charge in [-0.3, -0.25) is 9.89 Å². The molecular formula is C19H44IN5O. The van der Waals surface area contributed by atoms with Crippen LogP contribution in [0.15, 0.2) is 4.99 Å². The van der Waals surface area contributed by atoms with Gasteiger partial charge in [-0.2, -0.15) is 0 Å². The zero-order valence-electron chi connectivity index (χ0n) is 18.2. The maximum absolute atomic E-state index is 5.09. The van der Waals surface area contributed by atoms with Gasteiger partial charge in [-0.25, -0.2) is 0 Å². The molecule has 0 heterocycles. The monoisotopic (exact) mass is 485 g/mol. The van der Waals surface area contributed by atoms with E-state index >= 15 is 0 Å². The third kappa shape index (κ3) is 15.0. The number of nitrogens with one attached hydrogen (secondary N) is 2. The number of ether oxygens (including phenoxy) is 1. The second kappa shape index (κ2) is 18.3. The lowest BCUT2D eigenvalue weighted by molar-refractivity contribution is 0.174. The van der Waals surface area contributed by atoms with Crippen LogP contribution in [0.1, 0.15) is 47.5 Å². The number of rotatable bonds is 14. The lowest BCUT2D eigenvalue weighted by Gasteiger charge is -2.30. The average molecular weight is 485 g/mol. The Morgan fingerprint density at radius 1 is 1.00 bits per heavy atom. The van der Waals surface area contributed by atoms with E-state index in [9.17, 15) is 0 Å². The first kappa shape index (κ1) is 28.1. The Kier molecular flexibility index (Phi) is 19.7. The van der Waals surface area contributed by atoms with Gasteiger partial charge in [-0.15, -0.1) is 24.0 Å². The molecule has 0 aromatic carbocycles. The number of hydrogen-bond acceptors (Lipinski definition) is 4. The maximum atomic E-state index is 5.09. The molecule has 0 saturated carbocycles. The van der Waals surface area contributed by atoms with E-state index in [4.69, 9.17) is 9.73 Å². The summed E-state index contributed by atoms with van der Waals surface area (Å²) in [6.07, 6.45) is 2.16. The standard InChI is InChI=1S/C19H43N5O.HI/c1-8-20-19(22-12-15-23(6)13-10-16-25-7)21-11-9-14-24(17(2)3)18(4)5;/h17-18H,8-16H2,1-7H3,(H2,20,21,22);1H. The molecule has 0 aliphatic carbocycles. The van der Waals surface area contributed by atoms with Crippen LogP contribution in [-0.2, 0) is 4.74 Å². The molecule has 0 spiro atoms. The molecule has 0 rings (SSSR count). The number of likely N-dealkylation sites (N-methyl/N-ethyl adjacent to an activating group) is 1. The van der Waals surface area contributed by atoms with Crippen molar-refractivity contribution in [2.75, 3.05) is 60.0 Å². The van der Waals surface area contributed by atoms with Crippen molar-refractivity contribution >= 4 is 29.9 Å². The van der Waals surface area contributed by atoms with Crippen molar-refractivity contribution in [2.45, 2.75) is 59.5 Å². The highest BCUT2D eigenvalue weighted by atomic mass is 127. The van der Waals surface area contributed by atoms with Gasteiger partial charge in [0.05, 0.1) is 0 Å². The van der Waals surface area contributed by atoms with Crippen molar-refractivity contribution < 1.29 is 4.74 Å². The quantitative estimate of drug-likeness (QED) is 0.172. The third-order valence-corrected chi connectivity index (χ3v) is 4.19. The van der Waals surface area contributed by atoms with Gasteiger partial charge >= 0.3 is 0 Å². The third-order valence-electron chi connectivity index (χ3n) is 4.19. The van der Waals surface area contributed by atoms with Crippen molar-refractivity contribution in [1.29, 1.82) is 0 Å². The predicted molar refractivity (Wildman–Crippen MR) is 125 cm³/mol. The van der Waals surface area contributed by atoms with Gasteiger partial charge in [0.25, 0.3) is 0 Å². The molecule has 0 amide bonds. The summed E-state index contributed by atoms with van der Waals surface area (Å²) in [6, 6.07) is 1.17. The minimum Gasteiger partial charge on any atom is -0.385 e. The Labute approximate surface area is 179 Å². The molecule has 0 atom stereocenters. The van der Waals surface area contributed by atoms with Gasteiger partial charge in [0.15, 0.2) is 5.96 Å². The fourth-order valence-corrected chi connectivity index (χ4v) is 2.85. The minimum atomic E-state index is 0. The second-order valence-corrected chi connectivity index (χ2v) is 7.12. The fourth-order valence-electron chi connectivity index (χ4n) is 2.85. The highest BCUT2D eigenvalue weighted by molar-refractivity contribution is 14.0. The zero-order chi connectivity index (χ0) is 19.1. The Bertz CT molecular complexity index is 332. The Morgan fingerprint density at radius 3 is 2.19 bits per heavy atom. The van der Waals surface area contributed by atoms with Gasteiger partial charge in [-0.1, -0.05) is 0 Å². The van der Waals surface area contributed by atoms with Crippen LogP contribution in [0.5, 0.6) is 0 Å². The topological polar surface area (TPSA) is 52.1 Å². The van der Waals surface area contributed by atoms with Crippen LogP contribution >= 0.6 is 24.0 Å². The molecule has 7 heteroatoms. The molecule has 0 bridgehead atoms. The minimum absolute atomic E-state index is 0. The van der Waals surface area contributed by atoms with Crippen molar-refractivity contribution in [3.63, 3.8) is 0 Å². The summed E-state index contributed by atoms with van der Waals surface area (Å²) >= 11 is 0. The molecule has 0 aliphatic rings. The summed E-state index contributed by atoms with van der Waals surface area (Å²) in [5.41, 5.74) is 0. The summed E-state index contributed by atoms with van der Waals surface area (Å²) in [7, 11) is 3.90. The maximum Gasteiger partial charge on any atom is 0.191 e. The smallest absolute Gasteiger partial charge is 0.191 e. The van der Waals surface area contributed by atoms with Gasteiger partial charge in [-0.05, 0) is 54.5 Å². The van der Waals surface area contributed by atoms with Gasteiger partial charge in [0, 0.05) is 65.1 Å². The number of nitrogens with zero attached hydrogens (tertiary/aromatic N) is 3. The van der Waals surface area contributed by atoms with E-state index in [1.807, 2.05) is 0 Å². The lowest BCUT2D eigenvalue weighted by Crippen LogP contribution is -2.41. The van der Waals surface area contributed by atoms with E-state index in [-0.39, 0.29) is 24.0 Å². The van der Waals surface area contributed by atoms with E-state index in [2.05, 4.69) is 62.1 Å². The predicted octanol–water partition coefficient (Wildman–Crippen LogP) is 2.64. The second-order valence-electron chi connectivity index (χ2n) is 7.12. The SMILES string of the molecule is CCNC(=NCCCN(C(C)C)C(C)C)NCCN(C)CCCOC.I. The molecule has 0 aliphatic heterocycles. The molecule has 0 saturated heterocycles. The molecule has 0 aromatic heterocycles. The molecule has 0 aromatic rings. The van der Waals surface area contributed by atoms with Crippen LogP contribution in [0.25, 0.3) is 0 Å². The first-order valence-corrected chi connectivity index (χ1v) is 9.87. The molecule has 6 nitrogen and oxygen atoms in total. The van der Waals surface area contributed by atoms with E-state index in [1.165, 1.54) is 0 Å². The molecule has 0 radical (unpaired) electrons. The number of guanidine groups is 1. The van der Waals surface area contributed by atoms with E-state index in [0.717, 1.165) is 64.7 Å². The summed E-state index contributed by atoms with van der Waals surface area (Å²) in [4.78, 5) is 9.54. The summed E-state index contributed by atoms with van der Waals surface area (Å²) in [5, 5.41) is 6.76. The van der Waals surface area contributed by atoms with Gasteiger partial charge in [0.1, 0.15) is 0 Å². The molecule has 158 valence electrons. The number of halogens is 1. The van der Waals surface area contributed by atoms with Crippen LogP contribution < -0.4 is 10.6 Å². The van der Waals surface area contributed by atoms with Gasteiger partial charge in [0.2, 0.25) is 0 Å². The highest BCUT2D eigenvalue weighted by Gasteiger charge is 2.12. The molecule has 2 N–H and O–H groups in total. The summed E-state index contributed by atoms with van der Waals surface area (Å²) < 4.78 is 5.09. The van der Waals surface area contributed by atoms with Crippen molar-refractivity contribution in [3.05, 3.63) is 0 Å². The Hall–Kier alpha value is -0.120. The van der Waals surface area contributed by atoms with Crippen molar-refractivity contribution in [1.82, 2.24) is 20.4 Å². The lowest BCUT2D eigenvalue weighted by atomic mass is 10.2. The molecule has 0 fully saturated rings. The highest BCUT2D eigenvalue weighted by Crippen LogP contribution is 2.05. The summed E-state index contributed by atoms with van der Waals surface area (Å²) in [6.45, 7) is 17.8. The largest absolute Gasteiger partial charge is 0.385 e. The fraction of sp³-hybridized carbons (Fsp3) is 0.947. The molecule has 0 unspecified atom stereocenters. The van der Waals surface area contributed by atoms with E-state index in [1.54, 1.807) is 7.11 Å². The van der Waals surface area contributed by atoms with Gasteiger partial charge < -0.3 is 20.3 Å². The van der Waals surface area contributed by atoms with Crippen molar-refractivity contribution in [2.24, 2.45) is 4.99 Å². The zero-order valence-corrected chi connectivity index (χ0v) is 20.5. The number of aliphatic imine (C=N–C) groups is 1. The van der Waals surface area contributed by atoms with Crippen LogP contribution in [0.4, 0.5) is 0 Å². The first-order chi connectivity index (χ1) is 11.9. The summed E-state index contributed by atoms with van der Waals surface area (Å²) in [5.74, 6) is 0.924. The Morgan fingerprint density at radius 2 is 1.65 bits per heavy atom. The molecular weight excluding hydrogens is 441 g/mol. The van der Waals surface area contributed by atoms with Crippen molar-refractivity contribution in [3.8, 4) is 0 Å². The first-order valence-electron chi connectivity index (χ1n) is 9.87. The van der Waals surface area contributed by atoms with Crippen LogP contribution in [0.2, 0.25) is 0 Å². The Balaban J connectivity index is 0. The van der Waals surface area contributed by atoms with Crippen LogP contribution in [0, 0.1) is 0 Å². The van der Waals surface area contributed by atoms with Crippen LogP contribution in [-0.4, -0.2) is 87.9 Å². The number of hydrogen-bond donors (Lipinski definition) is 2. The molecule has 26 heavy (non-hydrogen) atoms. The average Bonchev–Trinajstić information content (AvgIpc) is 2.54.